The smallest absolute Gasteiger partial charge is 0.119 e. The monoisotopic (exact) mass is 197 g/mol. The fourth-order valence-electron chi connectivity index (χ4n) is 1.38. The molecule has 0 aliphatic carbocycles. The summed E-state index contributed by atoms with van der Waals surface area (Å²) in [6.45, 7) is 4.53. The molecule has 2 rings (SSSR count). The number of rotatable bonds is 3. The topological polar surface area (TPSA) is 9.23 Å². The van der Waals surface area contributed by atoms with E-state index in [1.165, 1.54) is 0 Å². The van der Waals surface area contributed by atoms with E-state index in [1.54, 1.807) is 0 Å². The van der Waals surface area contributed by atoms with Crippen LogP contribution in [0.4, 0.5) is 0 Å². The highest BCUT2D eigenvalue weighted by Gasteiger charge is 1.97. The van der Waals surface area contributed by atoms with Crippen LogP contribution in [0.25, 0.3) is 0 Å². The summed E-state index contributed by atoms with van der Waals surface area (Å²) in [5.74, 6) is 0.890. The van der Waals surface area contributed by atoms with Gasteiger partial charge in [0.1, 0.15) is 12.4 Å². The third-order valence-electron chi connectivity index (χ3n) is 2.26. The number of hydrogen-bond donors (Lipinski definition) is 0. The van der Waals surface area contributed by atoms with Gasteiger partial charge in [-0.3, -0.25) is 0 Å². The highest BCUT2D eigenvalue weighted by molar-refractivity contribution is 5.29. The molecule has 0 saturated heterocycles. The maximum absolute atomic E-state index is 5.63. The zero-order chi connectivity index (χ0) is 10.5. The van der Waals surface area contributed by atoms with Crippen molar-refractivity contribution in [1.29, 1.82) is 0 Å². The van der Waals surface area contributed by atoms with Crippen LogP contribution in [0.15, 0.2) is 54.6 Å². The van der Waals surface area contributed by atoms with E-state index in [0.29, 0.717) is 6.61 Å². The molecular weight excluding hydrogens is 184 g/mol. The first-order chi connectivity index (χ1) is 7.36. The maximum Gasteiger partial charge on any atom is 0.119 e. The van der Waals surface area contributed by atoms with Crippen molar-refractivity contribution in [2.75, 3.05) is 0 Å². The molecule has 0 N–H and O–H groups in total. The van der Waals surface area contributed by atoms with Crippen molar-refractivity contribution in [2.24, 2.45) is 0 Å². The fourth-order valence-corrected chi connectivity index (χ4v) is 1.38. The molecule has 0 fully saturated rings. The van der Waals surface area contributed by atoms with E-state index >= 15 is 0 Å². The van der Waals surface area contributed by atoms with E-state index < -0.39 is 0 Å². The summed E-state index contributed by atoms with van der Waals surface area (Å²) in [7, 11) is 0. The molecule has 0 aliphatic rings. The van der Waals surface area contributed by atoms with Crippen LogP contribution >= 0.6 is 0 Å². The summed E-state index contributed by atoms with van der Waals surface area (Å²) < 4.78 is 5.63. The Morgan fingerprint density at radius 1 is 0.867 bits per heavy atom. The van der Waals surface area contributed by atoms with Gasteiger partial charge in [0.2, 0.25) is 0 Å². The van der Waals surface area contributed by atoms with Gasteiger partial charge in [-0.05, 0) is 30.2 Å². The summed E-state index contributed by atoms with van der Waals surface area (Å²) in [6.07, 6.45) is 0. The molecule has 15 heavy (non-hydrogen) atoms. The van der Waals surface area contributed by atoms with E-state index in [4.69, 9.17) is 4.74 Å². The molecule has 0 amide bonds. The molecule has 2 aromatic rings. The zero-order valence-corrected chi connectivity index (χ0v) is 8.52. The van der Waals surface area contributed by atoms with Gasteiger partial charge in [-0.15, -0.1) is 0 Å². The van der Waals surface area contributed by atoms with Crippen LogP contribution in [0.5, 0.6) is 5.75 Å². The lowest BCUT2D eigenvalue weighted by Gasteiger charge is -2.07. The van der Waals surface area contributed by atoms with E-state index in [0.717, 1.165) is 16.9 Å². The first kappa shape index (κ1) is 9.78. The van der Waals surface area contributed by atoms with Gasteiger partial charge >= 0.3 is 0 Å². The molecule has 0 aromatic heterocycles. The minimum absolute atomic E-state index is 0.573. The van der Waals surface area contributed by atoms with Gasteiger partial charge in [-0.25, -0.2) is 0 Å². The van der Waals surface area contributed by atoms with E-state index in [1.807, 2.05) is 54.6 Å². The van der Waals surface area contributed by atoms with Crippen molar-refractivity contribution >= 4 is 0 Å². The van der Waals surface area contributed by atoms with Gasteiger partial charge in [0.15, 0.2) is 0 Å². The van der Waals surface area contributed by atoms with E-state index in [2.05, 4.69) is 6.92 Å². The minimum atomic E-state index is 0.573. The molecule has 0 saturated carbocycles. The number of hydrogen-bond acceptors (Lipinski definition) is 1. The summed E-state index contributed by atoms with van der Waals surface area (Å²) in [5, 5.41) is 0. The fraction of sp³-hybridized carbons (Fsp3) is 0.0714. The summed E-state index contributed by atoms with van der Waals surface area (Å²) >= 11 is 0. The molecule has 1 heteroatoms. The molecular formula is C14H13O. The van der Waals surface area contributed by atoms with Crippen LogP contribution < -0.4 is 4.74 Å². The molecule has 0 atom stereocenters. The number of ether oxygens (including phenoxy) is 1. The zero-order valence-electron chi connectivity index (χ0n) is 8.52. The normalized spacial score (nSPS) is 9.93. The van der Waals surface area contributed by atoms with Gasteiger partial charge in [0.25, 0.3) is 0 Å². The molecule has 1 nitrogen and oxygen atoms in total. The lowest BCUT2D eigenvalue weighted by molar-refractivity contribution is 0.306. The van der Waals surface area contributed by atoms with Gasteiger partial charge in [0, 0.05) is 0 Å². The van der Waals surface area contributed by atoms with Crippen molar-refractivity contribution in [1.82, 2.24) is 0 Å². The molecule has 0 spiro atoms. The number of para-hydroxylation sites is 1. The Labute approximate surface area is 90.3 Å². The molecule has 0 unspecified atom stereocenters. The predicted molar refractivity (Wildman–Crippen MR) is 61.7 cm³/mol. The molecule has 0 aliphatic heterocycles. The second-order valence-electron chi connectivity index (χ2n) is 3.37. The molecule has 0 bridgehead atoms. The van der Waals surface area contributed by atoms with Crippen LogP contribution in [0.1, 0.15) is 11.1 Å². The van der Waals surface area contributed by atoms with Gasteiger partial charge in [0.05, 0.1) is 0 Å². The van der Waals surface area contributed by atoms with Crippen LogP contribution in [0.2, 0.25) is 0 Å². The first-order valence-electron chi connectivity index (χ1n) is 4.94. The summed E-state index contributed by atoms with van der Waals surface area (Å²) in [6, 6.07) is 17.8. The van der Waals surface area contributed by atoms with Crippen molar-refractivity contribution < 1.29 is 4.74 Å². The highest BCUT2D eigenvalue weighted by Crippen LogP contribution is 2.13. The largest absolute Gasteiger partial charge is 0.489 e. The average Bonchev–Trinajstić information content (AvgIpc) is 2.29. The van der Waals surface area contributed by atoms with Crippen LogP contribution in [-0.4, -0.2) is 0 Å². The third-order valence-corrected chi connectivity index (χ3v) is 2.26. The Balaban J connectivity index is 2.03. The Morgan fingerprint density at radius 3 is 2.27 bits per heavy atom. The maximum atomic E-state index is 5.63. The van der Waals surface area contributed by atoms with Crippen LogP contribution in [-0.2, 0) is 6.61 Å². The Bertz CT molecular complexity index is 420. The van der Waals surface area contributed by atoms with Crippen LogP contribution in [0.3, 0.4) is 0 Å². The minimum Gasteiger partial charge on any atom is -0.489 e. The Kier molecular flexibility index (Phi) is 3.03. The highest BCUT2D eigenvalue weighted by atomic mass is 16.5. The van der Waals surface area contributed by atoms with Crippen molar-refractivity contribution in [2.45, 2.75) is 6.61 Å². The summed E-state index contributed by atoms with van der Waals surface area (Å²) in [5.41, 5.74) is 2.15. The standard InChI is InChI=1S/C14H13O/c1-12-7-5-6-8-13(12)11-15-14-9-3-2-4-10-14/h2-10H,1,11H2. The molecule has 0 heterocycles. The SMILES string of the molecule is [CH2]c1ccccc1COc1ccccc1. The Hall–Kier alpha value is -1.76. The molecule has 2 aromatic carbocycles. The molecule has 1 radical (unpaired) electrons. The van der Waals surface area contributed by atoms with E-state index in [9.17, 15) is 0 Å². The lowest BCUT2D eigenvalue weighted by atomic mass is 10.1. The second-order valence-corrected chi connectivity index (χ2v) is 3.37. The molecule has 75 valence electrons. The lowest BCUT2D eigenvalue weighted by Crippen LogP contribution is -1.97. The van der Waals surface area contributed by atoms with Gasteiger partial charge in [-0.1, -0.05) is 42.5 Å². The predicted octanol–water partition coefficient (Wildman–Crippen LogP) is 3.45. The van der Waals surface area contributed by atoms with Crippen molar-refractivity contribution in [3.8, 4) is 5.75 Å². The van der Waals surface area contributed by atoms with Crippen molar-refractivity contribution in [3.05, 3.63) is 72.6 Å². The van der Waals surface area contributed by atoms with E-state index in [-0.39, 0.29) is 0 Å². The Morgan fingerprint density at radius 2 is 1.53 bits per heavy atom. The van der Waals surface area contributed by atoms with Crippen molar-refractivity contribution in [3.63, 3.8) is 0 Å². The second kappa shape index (κ2) is 4.65. The quantitative estimate of drug-likeness (QED) is 0.732. The number of benzene rings is 2. The average molecular weight is 197 g/mol. The first-order valence-corrected chi connectivity index (χ1v) is 4.94. The van der Waals surface area contributed by atoms with Gasteiger partial charge in [-0.2, -0.15) is 0 Å². The van der Waals surface area contributed by atoms with Gasteiger partial charge < -0.3 is 4.74 Å². The third kappa shape index (κ3) is 2.59. The van der Waals surface area contributed by atoms with Crippen LogP contribution in [0, 0.1) is 6.92 Å². The summed E-state index contributed by atoms with van der Waals surface area (Å²) in [4.78, 5) is 0.